The Labute approximate surface area is 70.9 Å². The van der Waals surface area contributed by atoms with Crippen molar-refractivity contribution in [2.45, 2.75) is 0 Å². The first-order chi connectivity index (χ1) is 4.30. The Morgan fingerprint density at radius 1 is 1.50 bits per heavy atom. The molecule has 0 saturated carbocycles. The van der Waals surface area contributed by atoms with Crippen LogP contribution in [0.15, 0.2) is 24.4 Å². The second-order valence-corrected chi connectivity index (χ2v) is 2.02. The Kier molecular flexibility index (Phi) is 3.91. The number of hydrogen-bond donors (Lipinski definition) is 1. The normalized spacial score (nSPS) is 8.00. The molecule has 1 aromatic rings. The van der Waals surface area contributed by atoms with Crippen molar-refractivity contribution in [1.82, 2.24) is 4.98 Å². The van der Waals surface area contributed by atoms with Crippen molar-refractivity contribution in [3.05, 3.63) is 30.1 Å². The van der Waals surface area contributed by atoms with Gasteiger partial charge in [0.05, 0.1) is 5.69 Å². The SMILES string of the molecule is Cl.NC(=S)c1ccccn1. The van der Waals surface area contributed by atoms with Gasteiger partial charge in [0.2, 0.25) is 0 Å². The number of hydrogen-bond acceptors (Lipinski definition) is 2. The summed E-state index contributed by atoms with van der Waals surface area (Å²) in [6, 6.07) is 5.45. The van der Waals surface area contributed by atoms with E-state index in [1.165, 1.54) is 0 Å². The number of thiocarbonyl (C=S) groups is 1. The van der Waals surface area contributed by atoms with Crippen molar-refractivity contribution in [3.8, 4) is 0 Å². The van der Waals surface area contributed by atoms with Crippen LogP contribution >= 0.6 is 24.6 Å². The maximum atomic E-state index is 5.28. The number of aromatic nitrogens is 1. The first kappa shape index (κ1) is 9.33. The molecule has 0 spiro atoms. The summed E-state index contributed by atoms with van der Waals surface area (Å²) in [7, 11) is 0. The molecule has 0 aliphatic rings. The van der Waals surface area contributed by atoms with Crippen molar-refractivity contribution in [2.75, 3.05) is 0 Å². The lowest BCUT2D eigenvalue weighted by Crippen LogP contribution is -2.10. The van der Waals surface area contributed by atoms with E-state index in [-0.39, 0.29) is 12.4 Å². The van der Waals surface area contributed by atoms with Gasteiger partial charge in [-0.15, -0.1) is 12.4 Å². The van der Waals surface area contributed by atoms with Gasteiger partial charge in [0.1, 0.15) is 4.99 Å². The fourth-order valence-corrected chi connectivity index (χ4v) is 0.629. The Bertz CT molecular complexity index is 212. The van der Waals surface area contributed by atoms with Crippen LogP contribution < -0.4 is 5.73 Å². The van der Waals surface area contributed by atoms with Crippen molar-refractivity contribution >= 4 is 29.6 Å². The third kappa shape index (κ3) is 2.29. The second-order valence-electron chi connectivity index (χ2n) is 1.58. The van der Waals surface area contributed by atoms with Crippen molar-refractivity contribution in [2.24, 2.45) is 5.73 Å². The Morgan fingerprint density at radius 3 is 2.50 bits per heavy atom. The van der Waals surface area contributed by atoms with E-state index in [4.69, 9.17) is 5.73 Å². The number of nitrogens with zero attached hydrogens (tertiary/aromatic N) is 1. The molecule has 0 bridgehead atoms. The van der Waals surface area contributed by atoms with Gasteiger partial charge in [0.25, 0.3) is 0 Å². The molecule has 0 unspecified atom stereocenters. The van der Waals surface area contributed by atoms with Gasteiger partial charge >= 0.3 is 0 Å². The van der Waals surface area contributed by atoms with Gasteiger partial charge in [-0.05, 0) is 12.1 Å². The van der Waals surface area contributed by atoms with E-state index in [1.54, 1.807) is 12.3 Å². The molecule has 1 heterocycles. The molecule has 0 fully saturated rings. The van der Waals surface area contributed by atoms with Crippen LogP contribution in [0.4, 0.5) is 0 Å². The predicted molar refractivity (Wildman–Crippen MR) is 47.4 cm³/mol. The lowest BCUT2D eigenvalue weighted by atomic mass is 10.4. The van der Waals surface area contributed by atoms with Crippen molar-refractivity contribution in [1.29, 1.82) is 0 Å². The van der Waals surface area contributed by atoms with Crippen LogP contribution in [0.3, 0.4) is 0 Å². The zero-order chi connectivity index (χ0) is 6.69. The van der Waals surface area contributed by atoms with Gasteiger partial charge in [-0.25, -0.2) is 0 Å². The fraction of sp³-hybridized carbons (Fsp3) is 0. The minimum atomic E-state index is 0. The highest BCUT2D eigenvalue weighted by Crippen LogP contribution is 1.90. The monoisotopic (exact) mass is 174 g/mol. The summed E-state index contributed by atoms with van der Waals surface area (Å²) in [4.78, 5) is 4.26. The van der Waals surface area contributed by atoms with E-state index in [2.05, 4.69) is 17.2 Å². The topological polar surface area (TPSA) is 38.9 Å². The molecule has 0 atom stereocenters. The van der Waals surface area contributed by atoms with Crippen LogP contribution in [0, 0.1) is 0 Å². The van der Waals surface area contributed by atoms with Gasteiger partial charge in [-0.2, -0.15) is 0 Å². The lowest BCUT2D eigenvalue weighted by Gasteiger charge is -1.91. The Morgan fingerprint density at radius 2 is 2.20 bits per heavy atom. The minimum Gasteiger partial charge on any atom is -0.388 e. The van der Waals surface area contributed by atoms with Crippen LogP contribution in [0.2, 0.25) is 0 Å². The standard InChI is InChI=1S/C6H6N2S.ClH/c7-6(9)5-3-1-2-4-8-5;/h1-4H,(H2,7,9);1H. The minimum absolute atomic E-state index is 0. The number of rotatable bonds is 1. The van der Waals surface area contributed by atoms with E-state index < -0.39 is 0 Å². The molecule has 4 heteroatoms. The van der Waals surface area contributed by atoms with Crippen LogP contribution in [-0.2, 0) is 0 Å². The summed E-state index contributed by atoms with van der Waals surface area (Å²) in [5.74, 6) is 0. The van der Waals surface area contributed by atoms with Gasteiger partial charge in [0.15, 0.2) is 0 Å². The third-order valence-corrected chi connectivity index (χ3v) is 1.13. The highest BCUT2D eigenvalue weighted by molar-refractivity contribution is 7.80. The fourth-order valence-electron chi connectivity index (χ4n) is 0.509. The molecule has 0 saturated heterocycles. The summed E-state index contributed by atoms with van der Waals surface area (Å²) in [5.41, 5.74) is 5.96. The molecule has 0 radical (unpaired) electrons. The molecule has 1 rings (SSSR count). The van der Waals surface area contributed by atoms with E-state index in [0.717, 1.165) is 0 Å². The van der Waals surface area contributed by atoms with Gasteiger partial charge in [-0.1, -0.05) is 18.3 Å². The quantitative estimate of drug-likeness (QED) is 0.649. The lowest BCUT2D eigenvalue weighted by molar-refractivity contribution is 1.29. The van der Waals surface area contributed by atoms with Gasteiger partial charge in [-0.3, -0.25) is 4.98 Å². The molecule has 0 aliphatic heterocycles. The zero-order valence-electron chi connectivity index (χ0n) is 5.15. The van der Waals surface area contributed by atoms with Gasteiger partial charge in [0, 0.05) is 6.20 Å². The van der Waals surface area contributed by atoms with E-state index in [0.29, 0.717) is 10.7 Å². The second kappa shape index (κ2) is 4.19. The van der Waals surface area contributed by atoms with E-state index in [9.17, 15) is 0 Å². The molecule has 10 heavy (non-hydrogen) atoms. The molecule has 0 aliphatic carbocycles. The summed E-state index contributed by atoms with van der Waals surface area (Å²) in [5, 5.41) is 0. The summed E-state index contributed by atoms with van der Waals surface area (Å²) < 4.78 is 0. The maximum absolute atomic E-state index is 5.28. The summed E-state index contributed by atoms with van der Waals surface area (Å²) >= 11 is 4.68. The zero-order valence-corrected chi connectivity index (χ0v) is 6.78. The molecule has 0 amide bonds. The molecule has 54 valence electrons. The first-order valence-corrected chi connectivity index (χ1v) is 2.92. The molecule has 2 N–H and O–H groups in total. The first-order valence-electron chi connectivity index (χ1n) is 2.51. The average Bonchev–Trinajstić information content (AvgIpc) is 1.90. The number of pyridine rings is 1. The molecule has 2 nitrogen and oxygen atoms in total. The summed E-state index contributed by atoms with van der Waals surface area (Å²) in [6.07, 6.45) is 1.66. The molecular formula is C6H7ClN2S. The number of nitrogens with two attached hydrogens (primary N) is 1. The highest BCUT2D eigenvalue weighted by Gasteiger charge is 1.91. The van der Waals surface area contributed by atoms with Crippen LogP contribution in [-0.4, -0.2) is 9.97 Å². The summed E-state index contributed by atoms with van der Waals surface area (Å²) in [6.45, 7) is 0. The smallest absolute Gasteiger partial charge is 0.122 e. The van der Waals surface area contributed by atoms with Crippen molar-refractivity contribution < 1.29 is 0 Å². The highest BCUT2D eigenvalue weighted by atomic mass is 35.5. The molecular weight excluding hydrogens is 168 g/mol. The van der Waals surface area contributed by atoms with Crippen LogP contribution in [0.5, 0.6) is 0 Å². The van der Waals surface area contributed by atoms with E-state index in [1.807, 2.05) is 12.1 Å². The largest absolute Gasteiger partial charge is 0.388 e. The maximum Gasteiger partial charge on any atom is 0.122 e. The Balaban J connectivity index is 0.000000810. The average molecular weight is 175 g/mol. The molecule has 1 aromatic heterocycles. The third-order valence-electron chi connectivity index (χ3n) is 0.917. The van der Waals surface area contributed by atoms with E-state index >= 15 is 0 Å². The van der Waals surface area contributed by atoms with Crippen molar-refractivity contribution in [3.63, 3.8) is 0 Å². The van der Waals surface area contributed by atoms with Crippen LogP contribution in [0.1, 0.15) is 5.69 Å². The number of halogens is 1. The Hall–Kier alpha value is -0.670. The van der Waals surface area contributed by atoms with Gasteiger partial charge < -0.3 is 5.73 Å². The molecule has 0 aromatic carbocycles. The van der Waals surface area contributed by atoms with Crippen LogP contribution in [0.25, 0.3) is 0 Å². The predicted octanol–water partition coefficient (Wildman–Crippen LogP) is 1.14.